The molecule has 0 radical (unpaired) electrons. The van der Waals surface area contributed by atoms with Gasteiger partial charge in [0.05, 0.1) is 0 Å². The van der Waals surface area contributed by atoms with E-state index in [4.69, 9.17) is 24.8 Å². The summed E-state index contributed by atoms with van der Waals surface area (Å²) in [6.45, 7) is 0. The van der Waals surface area contributed by atoms with Crippen LogP contribution in [-0.2, 0) is 12.6 Å². The molecule has 1 aromatic rings. The van der Waals surface area contributed by atoms with E-state index in [1.165, 1.54) is 0 Å². The fourth-order valence-corrected chi connectivity index (χ4v) is 0.711. The summed E-state index contributed by atoms with van der Waals surface area (Å²) in [7, 11) is 0. The second kappa shape index (κ2) is 4.41. The van der Waals surface area contributed by atoms with Gasteiger partial charge in [-0.25, -0.2) is 0 Å². The molecule has 0 saturated heterocycles. The van der Waals surface area contributed by atoms with Gasteiger partial charge in [-0.3, -0.25) is 0 Å². The molecule has 0 bridgehead atoms. The Labute approximate surface area is 86.9 Å². The van der Waals surface area contributed by atoms with Crippen molar-refractivity contribution in [3.63, 3.8) is 0 Å². The van der Waals surface area contributed by atoms with Crippen molar-refractivity contribution < 1.29 is 29.6 Å². The van der Waals surface area contributed by atoms with Gasteiger partial charge >= 0.3 is 29.6 Å². The molecule has 0 aliphatic rings. The summed E-state index contributed by atoms with van der Waals surface area (Å²) in [5.74, 6) is 0. The summed E-state index contributed by atoms with van der Waals surface area (Å²) in [6.07, 6.45) is 1.80. The van der Waals surface area contributed by atoms with Gasteiger partial charge in [-0.2, -0.15) is 0 Å². The van der Waals surface area contributed by atoms with Gasteiger partial charge in [0.15, 0.2) is 0 Å². The summed E-state index contributed by atoms with van der Waals surface area (Å²) in [5, 5.41) is 0. The average molecular weight is 165 g/mol. The summed E-state index contributed by atoms with van der Waals surface area (Å²) >= 11 is 9.40. The first-order valence-corrected chi connectivity index (χ1v) is 2.97. The fraction of sp³-hybridized carbons (Fsp3) is 0. The zero-order valence-corrected chi connectivity index (χ0v) is 8.68. The second-order valence-corrected chi connectivity index (χ2v) is 2.45. The number of aromatic amines is 1. The minimum atomic E-state index is 0. The van der Waals surface area contributed by atoms with Gasteiger partial charge in [-0.05, 0) is 12.1 Å². The molecule has 0 aliphatic carbocycles. The molecule has 0 fully saturated rings. The molecule has 0 unspecified atom stereocenters. The number of aromatic nitrogens is 1. The molecule has 0 aromatic carbocycles. The van der Waals surface area contributed by atoms with Gasteiger partial charge in [0, 0.05) is 11.9 Å². The molecular weight excluding hydrogens is 161 g/mol. The number of nitrogens with one attached hydrogen (secondary N) is 1. The quantitative estimate of drug-likeness (QED) is 0.301. The number of hydrogen-bond acceptors (Lipinski definition) is 2. The third kappa shape index (κ3) is 2.78. The van der Waals surface area contributed by atoms with Crippen LogP contribution in [0.5, 0.6) is 0 Å². The van der Waals surface area contributed by atoms with E-state index in [0.29, 0.717) is 4.20 Å². The Morgan fingerprint density at radius 1 is 1.67 bits per heavy atom. The maximum absolute atomic E-state index is 4.70. The zero-order valence-electron chi connectivity index (χ0n) is 5.05. The summed E-state index contributed by atoms with van der Waals surface area (Å²) in [6, 6.07) is 3.73. The largest absolute Gasteiger partial charge is 1.00 e. The monoisotopic (exact) mass is 165 g/mol. The van der Waals surface area contributed by atoms with Crippen molar-refractivity contribution >= 4 is 29.0 Å². The molecular formula is C5H4NNaS2. The predicted molar refractivity (Wildman–Crippen MR) is 39.9 cm³/mol. The van der Waals surface area contributed by atoms with E-state index in [9.17, 15) is 0 Å². The van der Waals surface area contributed by atoms with Crippen LogP contribution in [0.2, 0.25) is 0 Å². The normalized spacial score (nSPS) is 8.00. The maximum Gasteiger partial charge on any atom is 1.00 e. The molecule has 42 valence electrons. The zero-order chi connectivity index (χ0) is 5.98. The van der Waals surface area contributed by atoms with Gasteiger partial charge in [-0.1, -0.05) is 0 Å². The van der Waals surface area contributed by atoms with Crippen molar-refractivity contribution in [1.82, 2.24) is 4.98 Å². The van der Waals surface area contributed by atoms with Crippen LogP contribution in [0, 0.1) is 0 Å². The first-order chi connectivity index (χ1) is 3.80. The SMILES string of the molecule is S=C([S-])c1ccc[nH]1.[Na+]. The van der Waals surface area contributed by atoms with Crippen LogP contribution in [0.1, 0.15) is 5.69 Å². The second-order valence-electron chi connectivity index (χ2n) is 1.37. The van der Waals surface area contributed by atoms with Crippen LogP contribution in [0.25, 0.3) is 0 Å². The molecule has 1 aromatic heterocycles. The number of H-pyrrole nitrogens is 1. The predicted octanol–water partition coefficient (Wildman–Crippen LogP) is -1.76. The Kier molecular flexibility index (Phi) is 4.70. The van der Waals surface area contributed by atoms with Crippen LogP contribution >= 0.6 is 12.2 Å². The Morgan fingerprint density at radius 3 is 2.56 bits per heavy atom. The number of rotatable bonds is 1. The van der Waals surface area contributed by atoms with Crippen molar-refractivity contribution in [3.05, 3.63) is 24.0 Å². The fourth-order valence-electron chi connectivity index (χ4n) is 0.457. The minimum absolute atomic E-state index is 0. The van der Waals surface area contributed by atoms with Gasteiger partial charge in [0.2, 0.25) is 0 Å². The van der Waals surface area contributed by atoms with Crippen molar-refractivity contribution in [3.8, 4) is 0 Å². The van der Waals surface area contributed by atoms with E-state index in [-0.39, 0.29) is 29.6 Å². The first-order valence-electron chi connectivity index (χ1n) is 2.15. The van der Waals surface area contributed by atoms with Crippen LogP contribution in [-0.4, -0.2) is 9.18 Å². The standard InChI is InChI=1S/C5H5NS2.Na/c7-5(8)4-2-1-3-6-4;/h1-3,6H,(H,7,8);/q;+1/p-1. The third-order valence-corrected chi connectivity index (χ3v) is 1.26. The Hall–Kier alpha value is 0.590. The van der Waals surface area contributed by atoms with Crippen molar-refractivity contribution in [2.75, 3.05) is 0 Å². The van der Waals surface area contributed by atoms with Crippen molar-refractivity contribution in [2.45, 2.75) is 0 Å². The molecule has 1 rings (SSSR count). The van der Waals surface area contributed by atoms with Crippen LogP contribution in [0.15, 0.2) is 18.3 Å². The minimum Gasteiger partial charge on any atom is -0.427 e. The molecule has 9 heavy (non-hydrogen) atoms. The van der Waals surface area contributed by atoms with E-state index in [1.54, 1.807) is 6.20 Å². The van der Waals surface area contributed by atoms with E-state index in [0.717, 1.165) is 5.69 Å². The average Bonchev–Trinajstić information content (AvgIpc) is 2.12. The molecule has 0 amide bonds. The molecule has 1 N–H and O–H groups in total. The number of hydrogen-bond donors (Lipinski definition) is 1. The Bertz CT molecular complexity index is 183. The van der Waals surface area contributed by atoms with Crippen LogP contribution in [0.4, 0.5) is 0 Å². The molecule has 0 aliphatic heterocycles. The summed E-state index contributed by atoms with van der Waals surface area (Å²) in [4.78, 5) is 2.89. The molecule has 1 heterocycles. The van der Waals surface area contributed by atoms with E-state index in [2.05, 4.69) is 4.98 Å². The molecule has 0 saturated carbocycles. The van der Waals surface area contributed by atoms with E-state index >= 15 is 0 Å². The Morgan fingerprint density at radius 2 is 2.33 bits per heavy atom. The Balaban J connectivity index is 0.000000640. The maximum atomic E-state index is 4.70. The third-order valence-electron chi connectivity index (χ3n) is 0.818. The molecule has 1 nitrogen and oxygen atoms in total. The van der Waals surface area contributed by atoms with Crippen LogP contribution in [0.3, 0.4) is 0 Å². The number of thiocarbonyl (C=S) groups is 1. The molecule has 4 heteroatoms. The van der Waals surface area contributed by atoms with Gasteiger partial charge in [-0.15, -0.1) is 4.20 Å². The van der Waals surface area contributed by atoms with Gasteiger partial charge in [0.25, 0.3) is 0 Å². The van der Waals surface area contributed by atoms with Crippen LogP contribution < -0.4 is 29.6 Å². The van der Waals surface area contributed by atoms with E-state index in [1.807, 2.05) is 12.1 Å². The molecule has 0 atom stereocenters. The molecule has 0 spiro atoms. The van der Waals surface area contributed by atoms with Crippen molar-refractivity contribution in [1.29, 1.82) is 0 Å². The topological polar surface area (TPSA) is 15.8 Å². The van der Waals surface area contributed by atoms with Crippen molar-refractivity contribution in [2.24, 2.45) is 0 Å². The smallest absolute Gasteiger partial charge is 0.427 e. The van der Waals surface area contributed by atoms with Gasteiger partial charge in [0.1, 0.15) is 0 Å². The first kappa shape index (κ1) is 9.59. The summed E-state index contributed by atoms with van der Waals surface area (Å²) < 4.78 is 0.495. The van der Waals surface area contributed by atoms with Gasteiger partial charge < -0.3 is 29.8 Å². The summed E-state index contributed by atoms with van der Waals surface area (Å²) in [5.41, 5.74) is 0.856. The van der Waals surface area contributed by atoms with E-state index < -0.39 is 0 Å².